The van der Waals surface area contributed by atoms with Crippen LogP contribution in [-0.4, -0.2) is 66.9 Å². The van der Waals surface area contributed by atoms with Crippen molar-refractivity contribution < 1.29 is 28.3 Å². The Morgan fingerprint density at radius 2 is 2.17 bits per heavy atom. The van der Waals surface area contributed by atoms with E-state index in [9.17, 15) is 19.1 Å². The molecule has 0 spiro atoms. The number of halogens is 1. The maximum atomic E-state index is 14.8. The summed E-state index contributed by atoms with van der Waals surface area (Å²) in [5, 5.41) is 28.9. The van der Waals surface area contributed by atoms with Crippen LogP contribution in [0.15, 0.2) is 47.4 Å². The molecule has 4 aromatic rings. The molecule has 0 aliphatic carbocycles. The third-order valence-corrected chi connectivity index (χ3v) is 5.39. The van der Waals surface area contributed by atoms with Crippen LogP contribution in [0.3, 0.4) is 0 Å². The molecule has 3 aromatic heterocycles. The van der Waals surface area contributed by atoms with E-state index in [1.807, 2.05) is 0 Å². The van der Waals surface area contributed by atoms with Crippen molar-refractivity contribution in [3.05, 3.63) is 48.7 Å². The number of hydrogen-bond acceptors (Lipinski definition) is 10. The number of aliphatic hydroxyl groups excluding tert-OH is 1. The first-order valence-electron chi connectivity index (χ1n) is 10.4. The first-order valence-corrected chi connectivity index (χ1v) is 10.4. The van der Waals surface area contributed by atoms with Gasteiger partial charge in [-0.25, -0.2) is 9.07 Å². The number of carbonyl (C=O) groups excluding carboxylic acids is 2. The van der Waals surface area contributed by atoms with Crippen LogP contribution in [0.25, 0.3) is 16.7 Å². The molecule has 35 heavy (non-hydrogen) atoms. The van der Waals surface area contributed by atoms with Crippen LogP contribution in [-0.2, 0) is 14.3 Å². The second-order valence-electron chi connectivity index (χ2n) is 7.87. The summed E-state index contributed by atoms with van der Waals surface area (Å²) in [6.45, 7) is 1.59. The highest BCUT2D eigenvalue weighted by molar-refractivity contribution is 6.04. The van der Waals surface area contributed by atoms with E-state index in [1.165, 1.54) is 29.2 Å². The predicted octanol–water partition coefficient (Wildman–Crippen LogP) is 0.645. The van der Waals surface area contributed by atoms with E-state index in [0.717, 1.165) is 11.1 Å². The topological polar surface area (TPSA) is 175 Å². The van der Waals surface area contributed by atoms with Gasteiger partial charge in [0.2, 0.25) is 0 Å². The Hall–Kier alpha value is -4.43. The lowest BCUT2D eigenvalue weighted by atomic mass is 10.1. The summed E-state index contributed by atoms with van der Waals surface area (Å²) >= 11 is 0. The van der Waals surface area contributed by atoms with Gasteiger partial charge in [-0.2, -0.15) is 10.2 Å². The molecule has 2 amide bonds. The molecule has 13 nitrogen and oxygen atoms in total. The Bertz CT molecular complexity index is 1410. The van der Waals surface area contributed by atoms with Crippen molar-refractivity contribution in [1.82, 2.24) is 25.1 Å². The molecular formula is C21H19FN8O5. The largest absolute Gasteiger partial charge is 0.380 e. The zero-order valence-corrected chi connectivity index (χ0v) is 18.2. The molecule has 1 aliphatic rings. The average molecular weight is 482 g/mol. The maximum absolute atomic E-state index is 14.8. The number of nitrogens with two attached hydrogens (primary N) is 1. The van der Waals surface area contributed by atoms with Gasteiger partial charge in [0.15, 0.2) is 35.2 Å². The number of rotatable bonds is 5. The Balaban J connectivity index is 1.35. The first kappa shape index (κ1) is 22.4. The highest BCUT2D eigenvalue weighted by atomic mass is 19.1. The minimum Gasteiger partial charge on any atom is -0.380 e. The van der Waals surface area contributed by atoms with Crippen molar-refractivity contribution in [2.24, 2.45) is 0 Å². The molecule has 1 aliphatic heterocycles. The maximum Gasteiger partial charge on any atom is 0.260 e. The Morgan fingerprint density at radius 1 is 1.34 bits per heavy atom. The van der Waals surface area contributed by atoms with E-state index in [-0.39, 0.29) is 23.9 Å². The number of benzene rings is 1. The quantitative estimate of drug-likeness (QED) is 0.366. The molecule has 4 heterocycles. The standard InChI is InChI=1S/C21H19FN8O5/c1-10-8-29(19-14(22)9-30(27-19)12-4-5-24-25-7-12)21(33)17(34-10)16(31)20(32)26-11-2-3-13-15(6-11)35-28-18(13)23/h2-7,9-10,16-17,31H,8H2,1H3,(H2,23,28)(H,26,32)/t10-,16-,17-/m1/s1. The van der Waals surface area contributed by atoms with E-state index < -0.39 is 35.9 Å². The van der Waals surface area contributed by atoms with Gasteiger partial charge in [0.1, 0.15) is 0 Å². The van der Waals surface area contributed by atoms with Crippen LogP contribution in [0.2, 0.25) is 0 Å². The number of carbonyl (C=O) groups is 2. The lowest BCUT2D eigenvalue weighted by Crippen LogP contribution is -2.58. The van der Waals surface area contributed by atoms with E-state index in [1.54, 1.807) is 19.1 Å². The molecule has 0 unspecified atom stereocenters. The van der Waals surface area contributed by atoms with Crippen molar-refractivity contribution >= 4 is 40.1 Å². The molecule has 1 aromatic carbocycles. The number of aliphatic hydroxyl groups is 1. The van der Waals surface area contributed by atoms with Gasteiger partial charge in [0.05, 0.1) is 42.3 Å². The fraction of sp³-hybridized carbons (Fsp3) is 0.238. The van der Waals surface area contributed by atoms with Crippen LogP contribution in [0.5, 0.6) is 0 Å². The molecule has 0 radical (unpaired) electrons. The van der Waals surface area contributed by atoms with Crippen molar-refractivity contribution in [2.45, 2.75) is 25.2 Å². The summed E-state index contributed by atoms with van der Waals surface area (Å²) in [6, 6.07) is 6.16. The molecule has 0 bridgehead atoms. The smallest absolute Gasteiger partial charge is 0.260 e. The van der Waals surface area contributed by atoms with E-state index in [4.69, 9.17) is 15.0 Å². The van der Waals surface area contributed by atoms with Gasteiger partial charge < -0.3 is 25.4 Å². The number of fused-ring (bicyclic) bond motifs is 1. The molecule has 1 saturated heterocycles. The normalized spacial score (nSPS) is 19.2. The van der Waals surface area contributed by atoms with Gasteiger partial charge in [0.25, 0.3) is 11.8 Å². The number of morpholine rings is 1. The van der Waals surface area contributed by atoms with Crippen LogP contribution >= 0.6 is 0 Å². The Morgan fingerprint density at radius 3 is 2.94 bits per heavy atom. The zero-order valence-electron chi connectivity index (χ0n) is 18.2. The van der Waals surface area contributed by atoms with Gasteiger partial charge >= 0.3 is 0 Å². The highest BCUT2D eigenvalue weighted by Crippen LogP contribution is 2.27. The second-order valence-corrected chi connectivity index (χ2v) is 7.87. The monoisotopic (exact) mass is 482 g/mol. The fourth-order valence-electron chi connectivity index (χ4n) is 3.72. The van der Waals surface area contributed by atoms with E-state index >= 15 is 0 Å². The lowest BCUT2D eigenvalue weighted by molar-refractivity contribution is -0.156. The number of aromatic nitrogens is 5. The van der Waals surface area contributed by atoms with Gasteiger partial charge in [-0.1, -0.05) is 5.16 Å². The molecule has 0 saturated carbocycles. The number of anilines is 3. The molecule has 180 valence electrons. The summed E-state index contributed by atoms with van der Waals surface area (Å²) < 4.78 is 26.6. The summed E-state index contributed by atoms with van der Waals surface area (Å²) in [5.74, 6) is -2.57. The minimum atomic E-state index is -1.89. The summed E-state index contributed by atoms with van der Waals surface area (Å²) in [7, 11) is 0. The number of nitrogens with one attached hydrogen (secondary N) is 1. The molecular weight excluding hydrogens is 463 g/mol. The molecule has 14 heteroatoms. The number of hydrogen-bond donors (Lipinski definition) is 3. The van der Waals surface area contributed by atoms with E-state index in [2.05, 4.69) is 25.8 Å². The molecule has 1 fully saturated rings. The van der Waals surface area contributed by atoms with E-state index in [0.29, 0.717) is 16.7 Å². The van der Waals surface area contributed by atoms with Gasteiger partial charge in [0, 0.05) is 11.8 Å². The fourth-order valence-corrected chi connectivity index (χ4v) is 3.72. The summed E-state index contributed by atoms with van der Waals surface area (Å²) in [6.07, 6.45) is -0.225. The number of nitrogen functional groups attached to an aromatic ring is 1. The highest BCUT2D eigenvalue weighted by Gasteiger charge is 2.43. The van der Waals surface area contributed by atoms with Crippen LogP contribution < -0.4 is 16.0 Å². The second kappa shape index (κ2) is 8.73. The van der Waals surface area contributed by atoms with Crippen molar-refractivity contribution in [2.75, 3.05) is 22.5 Å². The summed E-state index contributed by atoms with van der Waals surface area (Å²) in [5.41, 5.74) is 6.72. The first-order chi connectivity index (χ1) is 16.8. The van der Waals surface area contributed by atoms with Gasteiger partial charge in [-0.3, -0.25) is 14.5 Å². The van der Waals surface area contributed by atoms with Gasteiger partial charge in [-0.15, -0.1) is 5.10 Å². The third-order valence-electron chi connectivity index (χ3n) is 5.39. The lowest BCUT2D eigenvalue weighted by Gasteiger charge is -2.36. The molecule has 3 atom stereocenters. The zero-order chi connectivity index (χ0) is 24.7. The number of ether oxygens (including phenoxy) is 1. The van der Waals surface area contributed by atoms with Crippen molar-refractivity contribution in [3.8, 4) is 5.69 Å². The third kappa shape index (κ3) is 4.15. The number of nitrogens with zero attached hydrogens (tertiary/aromatic N) is 6. The Kier molecular flexibility index (Phi) is 5.58. The molecule has 5 rings (SSSR count). The Labute approximate surface area is 196 Å². The van der Waals surface area contributed by atoms with Crippen molar-refractivity contribution in [3.63, 3.8) is 0 Å². The van der Waals surface area contributed by atoms with Crippen LogP contribution in [0, 0.1) is 5.82 Å². The number of amides is 2. The van der Waals surface area contributed by atoms with Crippen LogP contribution in [0.4, 0.5) is 21.7 Å². The van der Waals surface area contributed by atoms with Gasteiger partial charge in [-0.05, 0) is 25.1 Å². The summed E-state index contributed by atoms with van der Waals surface area (Å²) in [4.78, 5) is 26.9. The molecule has 4 N–H and O–H groups in total. The van der Waals surface area contributed by atoms with Crippen molar-refractivity contribution in [1.29, 1.82) is 0 Å². The average Bonchev–Trinajstić information content (AvgIpc) is 3.42. The SMILES string of the molecule is C[C@@H]1CN(c2nn(-c3ccnnc3)cc2F)C(=O)[C@@H]([C@@H](O)C(=O)Nc2ccc3c(N)noc3c2)O1. The predicted molar refractivity (Wildman–Crippen MR) is 119 cm³/mol. The van der Waals surface area contributed by atoms with Crippen LogP contribution in [0.1, 0.15) is 6.92 Å². The minimum absolute atomic E-state index is 0.0320.